The Labute approximate surface area is 66.9 Å². The van der Waals surface area contributed by atoms with Gasteiger partial charge in [0.2, 0.25) is 0 Å². The van der Waals surface area contributed by atoms with Gasteiger partial charge in [-0.1, -0.05) is 6.92 Å². The molecule has 3 unspecified atom stereocenters. The molecule has 3 rings (SSSR count). The summed E-state index contributed by atoms with van der Waals surface area (Å²) < 4.78 is 11.2. The van der Waals surface area contributed by atoms with Crippen molar-refractivity contribution < 1.29 is 9.47 Å². The molecule has 1 aliphatic carbocycles. The third-order valence-electron chi connectivity index (χ3n) is 3.82. The molecule has 2 aliphatic heterocycles. The van der Waals surface area contributed by atoms with Crippen LogP contribution in [0.2, 0.25) is 0 Å². The summed E-state index contributed by atoms with van der Waals surface area (Å²) in [6.45, 7) is 4.25. The summed E-state index contributed by atoms with van der Waals surface area (Å²) in [7, 11) is 0. The highest BCUT2D eigenvalue weighted by atomic mass is 16.7. The molecule has 2 heterocycles. The molecule has 2 bridgehead atoms. The molecule has 1 saturated carbocycles. The SMILES string of the molecule is CC1C2CO[C@@H]3OC[C@@H]1C3C2. The minimum Gasteiger partial charge on any atom is -0.352 e. The summed E-state index contributed by atoms with van der Waals surface area (Å²) in [6.07, 6.45) is 1.53. The first-order chi connectivity index (χ1) is 5.36. The van der Waals surface area contributed by atoms with Crippen molar-refractivity contribution in [1.29, 1.82) is 0 Å². The Kier molecular flexibility index (Phi) is 1.16. The quantitative estimate of drug-likeness (QED) is 0.523. The number of rotatable bonds is 0. The van der Waals surface area contributed by atoms with Crippen LogP contribution in [0.5, 0.6) is 0 Å². The molecule has 3 fully saturated rings. The predicted octanol–water partition coefficient (Wildman–Crippen LogP) is 1.26. The molecule has 2 heteroatoms. The molecule has 0 amide bonds. The summed E-state index contributed by atoms with van der Waals surface area (Å²) in [5.41, 5.74) is 0. The van der Waals surface area contributed by atoms with Crippen LogP contribution in [0.15, 0.2) is 0 Å². The summed E-state index contributed by atoms with van der Waals surface area (Å²) >= 11 is 0. The zero-order valence-corrected chi connectivity index (χ0v) is 6.82. The summed E-state index contributed by atoms with van der Waals surface area (Å²) in [4.78, 5) is 0. The first-order valence-electron chi connectivity index (χ1n) is 4.59. The summed E-state index contributed by atoms with van der Waals surface area (Å²) in [6, 6.07) is 0. The molecule has 2 saturated heterocycles. The molecule has 62 valence electrons. The van der Waals surface area contributed by atoms with E-state index in [1.165, 1.54) is 6.42 Å². The van der Waals surface area contributed by atoms with Gasteiger partial charge in [-0.15, -0.1) is 0 Å². The zero-order chi connectivity index (χ0) is 7.42. The van der Waals surface area contributed by atoms with E-state index in [0.29, 0.717) is 0 Å². The van der Waals surface area contributed by atoms with Crippen LogP contribution < -0.4 is 0 Å². The number of hydrogen-bond acceptors (Lipinski definition) is 2. The van der Waals surface area contributed by atoms with E-state index in [1.54, 1.807) is 0 Å². The average molecular weight is 154 g/mol. The molecule has 3 aliphatic rings. The number of fused-ring (bicyclic) bond motifs is 1. The van der Waals surface area contributed by atoms with Crippen LogP contribution in [0.3, 0.4) is 0 Å². The lowest BCUT2D eigenvalue weighted by molar-refractivity contribution is -0.164. The van der Waals surface area contributed by atoms with Gasteiger partial charge in [0, 0.05) is 5.92 Å². The minimum absolute atomic E-state index is 0.168. The zero-order valence-electron chi connectivity index (χ0n) is 6.82. The third kappa shape index (κ3) is 0.695. The van der Waals surface area contributed by atoms with Crippen LogP contribution >= 0.6 is 0 Å². The summed E-state index contributed by atoms with van der Waals surface area (Å²) in [5, 5.41) is 0. The lowest BCUT2D eigenvalue weighted by Gasteiger charge is -2.26. The molecule has 0 spiro atoms. The highest BCUT2D eigenvalue weighted by molar-refractivity contribution is 4.96. The number of ether oxygens (including phenoxy) is 2. The topological polar surface area (TPSA) is 18.5 Å². The van der Waals surface area contributed by atoms with Crippen molar-refractivity contribution in [3.8, 4) is 0 Å². The Morgan fingerprint density at radius 2 is 1.91 bits per heavy atom. The van der Waals surface area contributed by atoms with Gasteiger partial charge in [0.05, 0.1) is 13.2 Å². The van der Waals surface area contributed by atoms with Gasteiger partial charge in [-0.3, -0.25) is 0 Å². The van der Waals surface area contributed by atoms with E-state index in [2.05, 4.69) is 6.92 Å². The van der Waals surface area contributed by atoms with Gasteiger partial charge in [0.15, 0.2) is 6.29 Å². The highest BCUT2D eigenvalue weighted by Gasteiger charge is 2.52. The van der Waals surface area contributed by atoms with E-state index < -0.39 is 0 Å². The molecule has 0 aromatic rings. The lowest BCUT2D eigenvalue weighted by atomic mass is 9.91. The molecule has 0 radical (unpaired) electrons. The Hall–Kier alpha value is -0.0800. The first-order valence-corrected chi connectivity index (χ1v) is 4.59. The molecule has 0 aromatic heterocycles. The van der Waals surface area contributed by atoms with Gasteiger partial charge in [-0.05, 0) is 24.2 Å². The van der Waals surface area contributed by atoms with Crippen molar-refractivity contribution in [2.45, 2.75) is 19.6 Å². The van der Waals surface area contributed by atoms with E-state index in [-0.39, 0.29) is 6.29 Å². The molecule has 0 N–H and O–H groups in total. The van der Waals surface area contributed by atoms with Gasteiger partial charge in [-0.2, -0.15) is 0 Å². The second-order valence-electron chi connectivity index (χ2n) is 4.22. The van der Waals surface area contributed by atoms with Crippen LogP contribution in [0.1, 0.15) is 13.3 Å². The fourth-order valence-corrected chi connectivity index (χ4v) is 3.01. The molecular formula is C9H14O2. The largest absolute Gasteiger partial charge is 0.352 e. The van der Waals surface area contributed by atoms with Crippen LogP contribution in [0, 0.1) is 23.7 Å². The fraction of sp³-hybridized carbons (Fsp3) is 1.00. The average Bonchev–Trinajstić information content (AvgIpc) is 2.51. The van der Waals surface area contributed by atoms with E-state index in [9.17, 15) is 0 Å². The normalized spacial score (nSPS) is 60.3. The second-order valence-corrected chi connectivity index (χ2v) is 4.22. The van der Waals surface area contributed by atoms with Crippen molar-refractivity contribution in [1.82, 2.24) is 0 Å². The molecule has 0 aromatic carbocycles. The smallest absolute Gasteiger partial charge is 0.160 e. The highest BCUT2D eigenvalue weighted by Crippen LogP contribution is 2.51. The van der Waals surface area contributed by atoms with Crippen LogP contribution in [-0.2, 0) is 9.47 Å². The van der Waals surface area contributed by atoms with Gasteiger partial charge >= 0.3 is 0 Å². The van der Waals surface area contributed by atoms with Crippen molar-refractivity contribution >= 4 is 0 Å². The molecule has 2 nitrogen and oxygen atoms in total. The maximum Gasteiger partial charge on any atom is 0.160 e. The maximum atomic E-state index is 5.60. The van der Waals surface area contributed by atoms with Crippen molar-refractivity contribution in [3.05, 3.63) is 0 Å². The Morgan fingerprint density at radius 1 is 1.09 bits per heavy atom. The van der Waals surface area contributed by atoms with Crippen molar-refractivity contribution in [3.63, 3.8) is 0 Å². The van der Waals surface area contributed by atoms with Crippen LogP contribution in [0.4, 0.5) is 0 Å². The summed E-state index contributed by atoms with van der Waals surface area (Å²) in [5.74, 6) is 3.23. The van der Waals surface area contributed by atoms with Crippen LogP contribution in [-0.4, -0.2) is 19.5 Å². The van der Waals surface area contributed by atoms with Crippen LogP contribution in [0.25, 0.3) is 0 Å². The lowest BCUT2D eigenvalue weighted by Crippen LogP contribution is -2.28. The fourth-order valence-electron chi connectivity index (χ4n) is 3.01. The molecule has 11 heavy (non-hydrogen) atoms. The van der Waals surface area contributed by atoms with Gasteiger partial charge in [0.25, 0.3) is 0 Å². The van der Waals surface area contributed by atoms with Crippen molar-refractivity contribution in [2.75, 3.05) is 13.2 Å². The van der Waals surface area contributed by atoms with E-state index in [0.717, 1.165) is 36.9 Å². The van der Waals surface area contributed by atoms with E-state index in [1.807, 2.05) is 0 Å². The van der Waals surface area contributed by atoms with Gasteiger partial charge < -0.3 is 9.47 Å². The van der Waals surface area contributed by atoms with E-state index >= 15 is 0 Å². The van der Waals surface area contributed by atoms with Gasteiger partial charge in [-0.25, -0.2) is 0 Å². The van der Waals surface area contributed by atoms with Crippen molar-refractivity contribution in [2.24, 2.45) is 23.7 Å². The van der Waals surface area contributed by atoms with E-state index in [4.69, 9.17) is 9.47 Å². The predicted molar refractivity (Wildman–Crippen MR) is 39.9 cm³/mol. The molecular weight excluding hydrogens is 140 g/mol. The monoisotopic (exact) mass is 154 g/mol. The molecule has 5 atom stereocenters. The number of hydrogen-bond donors (Lipinski definition) is 0. The van der Waals surface area contributed by atoms with Gasteiger partial charge in [0.1, 0.15) is 0 Å². The standard InChI is InChI=1S/C9H14O2/c1-5-6-2-7-8(5)4-11-9(7)10-3-6/h5-9H,2-4H2,1H3/t5?,6?,7?,8-,9+/m0/s1. The Morgan fingerprint density at radius 3 is 2.82 bits per heavy atom. The maximum absolute atomic E-state index is 5.60. The third-order valence-corrected chi connectivity index (χ3v) is 3.82. The minimum atomic E-state index is 0.168. The first kappa shape index (κ1) is 6.44. The second kappa shape index (κ2) is 1.99. The Balaban J connectivity index is 1.96. The Bertz CT molecular complexity index is 178.